The normalized spacial score (nSPS) is 18.9. The van der Waals surface area contributed by atoms with Gasteiger partial charge in [-0.05, 0) is 67.2 Å². The van der Waals surface area contributed by atoms with Crippen molar-refractivity contribution in [2.45, 2.75) is 45.1 Å². The number of nitrogens with two attached hydrogens (primary N) is 1. The Hall–Kier alpha value is -1.02. The summed E-state index contributed by atoms with van der Waals surface area (Å²) in [6.07, 6.45) is 7.64. The Bertz CT molecular complexity index is 410. The zero-order chi connectivity index (χ0) is 11.7. The van der Waals surface area contributed by atoms with E-state index in [9.17, 15) is 0 Å². The molecular weight excluding hydrogens is 210 g/mol. The monoisotopic (exact) mass is 231 g/mol. The van der Waals surface area contributed by atoms with Crippen molar-refractivity contribution in [3.05, 3.63) is 28.8 Å². The van der Waals surface area contributed by atoms with Crippen molar-refractivity contribution < 1.29 is 4.74 Å². The summed E-state index contributed by atoms with van der Waals surface area (Å²) in [5, 5.41) is 0. The molecule has 0 atom stereocenters. The van der Waals surface area contributed by atoms with E-state index in [1.165, 1.54) is 55.2 Å². The summed E-state index contributed by atoms with van der Waals surface area (Å²) in [6, 6.07) is 4.29. The van der Waals surface area contributed by atoms with Gasteiger partial charge in [0.2, 0.25) is 0 Å². The number of ether oxygens (including phenoxy) is 1. The van der Waals surface area contributed by atoms with Crippen molar-refractivity contribution in [3.63, 3.8) is 0 Å². The molecule has 2 aliphatic rings. The number of hydrogen-bond acceptors (Lipinski definition) is 2. The Kier molecular flexibility index (Phi) is 3.06. The molecule has 2 aliphatic carbocycles. The van der Waals surface area contributed by atoms with E-state index in [1.54, 1.807) is 0 Å². The van der Waals surface area contributed by atoms with Crippen LogP contribution in [0.2, 0.25) is 0 Å². The van der Waals surface area contributed by atoms with Crippen molar-refractivity contribution >= 4 is 0 Å². The molecule has 1 aromatic rings. The number of rotatable bonds is 4. The number of fused-ring (bicyclic) bond motifs is 1. The van der Waals surface area contributed by atoms with Crippen LogP contribution in [0.25, 0.3) is 0 Å². The van der Waals surface area contributed by atoms with Gasteiger partial charge in [-0.25, -0.2) is 0 Å². The minimum absolute atomic E-state index is 0.658. The van der Waals surface area contributed by atoms with Gasteiger partial charge in [0.1, 0.15) is 5.75 Å². The van der Waals surface area contributed by atoms with E-state index in [4.69, 9.17) is 10.5 Å². The number of benzene rings is 1. The first-order valence-corrected chi connectivity index (χ1v) is 6.85. The summed E-state index contributed by atoms with van der Waals surface area (Å²) in [6.45, 7) is 1.57. The quantitative estimate of drug-likeness (QED) is 0.864. The van der Waals surface area contributed by atoms with E-state index >= 15 is 0 Å². The molecule has 0 spiro atoms. The standard InChI is InChI=1S/C15H21NO/c16-9-12-7-8-15(17-10-11-5-6-11)14-4-2-1-3-13(12)14/h7-8,11H,1-6,9-10,16H2. The second-order valence-electron chi connectivity index (χ2n) is 5.35. The molecule has 1 saturated carbocycles. The van der Waals surface area contributed by atoms with E-state index in [-0.39, 0.29) is 0 Å². The maximum Gasteiger partial charge on any atom is 0.122 e. The van der Waals surface area contributed by atoms with Gasteiger partial charge >= 0.3 is 0 Å². The van der Waals surface area contributed by atoms with Gasteiger partial charge in [-0.1, -0.05) is 6.07 Å². The van der Waals surface area contributed by atoms with Gasteiger partial charge in [0.25, 0.3) is 0 Å². The van der Waals surface area contributed by atoms with Crippen molar-refractivity contribution in [3.8, 4) is 5.75 Å². The lowest BCUT2D eigenvalue weighted by atomic mass is 9.87. The highest BCUT2D eigenvalue weighted by atomic mass is 16.5. The third-order valence-corrected chi connectivity index (χ3v) is 3.98. The molecule has 2 heteroatoms. The van der Waals surface area contributed by atoms with Gasteiger partial charge in [0, 0.05) is 6.54 Å². The topological polar surface area (TPSA) is 35.2 Å². The van der Waals surface area contributed by atoms with Crippen LogP contribution in [0.5, 0.6) is 5.75 Å². The van der Waals surface area contributed by atoms with Crippen molar-refractivity contribution in [2.24, 2.45) is 11.7 Å². The largest absolute Gasteiger partial charge is 0.493 e. The highest BCUT2D eigenvalue weighted by Gasteiger charge is 2.23. The second kappa shape index (κ2) is 4.69. The molecule has 92 valence electrons. The van der Waals surface area contributed by atoms with Crippen molar-refractivity contribution in [1.29, 1.82) is 0 Å². The number of hydrogen-bond donors (Lipinski definition) is 1. The summed E-state index contributed by atoms with van der Waals surface area (Å²) in [5.41, 5.74) is 10.1. The van der Waals surface area contributed by atoms with Crippen molar-refractivity contribution in [1.82, 2.24) is 0 Å². The van der Waals surface area contributed by atoms with Crippen LogP contribution in [0, 0.1) is 5.92 Å². The van der Waals surface area contributed by atoms with Crippen LogP contribution in [-0.4, -0.2) is 6.61 Å². The molecule has 0 aliphatic heterocycles. The predicted molar refractivity (Wildman–Crippen MR) is 69.2 cm³/mol. The van der Waals surface area contributed by atoms with Crippen LogP contribution in [0.4, 0.5) is 0 Å². The first-order valence-electron chi connectivity index (χ1n) is 6.85. The Labute approximate surface area is 103 Å². The van der Waals surface area contributed by atoms with E-state index in [0.717, 1.165) is 18.3 Å². The molecule has 1 aromatic carbocycles. The van der Waals surface area contributed by atoms with E-state index in [0.29, 0.717) is 6.54 Å². The van der Waals surface area contributed by atoms with Crippen LogP contribution in [0.15, 0.2) is 12.1 Å². The molecule has 0 bridgehead atoms. The second-order valence-corrected chi connectivity index (χ2v) is 5.35. The van der Waals surface area contributed by atoms with Crippen LogP contribution < -0.4 is 10.5 Å². The van der Waals surface area contributed by atoms with Crippen LogP contribution in [-0.2, 0) is 19.4 Å². The predicted octanol–water partition coefficient (Wildman–Crippen LogP) is 2.81. The van der Waals surface area contributed by atoms with Gasteiger partial charge in [-0.3, -0.25) is 0 Å². The minimum atomic E-state index is 0.658. The molecule has 17 heavy (non-hydrogen) atoms. The van der Waals surface area contributed by atoms with Crippen LogP contribution in [0.3, 0.4) is 0 Å². The first-order chi connectivity index (χ1) is 8.38. The average Bonchev–Trinajstić information content (AvgIpc) is 3.20. The Balaban J connectivity index is 1.86. The Morgan fingerprint density at radius 1 is 1.12 bits per heavy atom. The summed E-state index contributed by atoms with van der Waals surface area (Å²) in [4.78, 5) is 0. The fourth-order valence-corrected chi connectivity index (χ4v) is 2.73. The van der Waals surface area contributed by atoms with E-state index < -0.39 is 0 Å². The van der Waals surface area contributed by atoms with Gasteiger partial charge in [0.05, 0.1) is 6.61 Å². The van der Waals surface area contributed by atoms with Crippen molar-refractivity contribution in [2.75, 3.05) is 6.61 Å². The van der Waals surface area contributed by atoms with Gasteiger partial charge in [-0.2, -0.15) is 0 Å². The highest BCUT2D eigenvalue weighted by Crippen LogP contribution is 2.34. The highest BCUT2D eigenvalue weighted by molar-refractivity contribution is 5.46. The molecule has 0 radical (unpaired) electrons. The molecule has 1 fully saturated rings. The Morgan fingerprint density at radius 2 is 1.88 bits per heavy atom. The average molecular weight is 231 g/mol. The van der Waals surface area contributed by atoms with Gasteiger partial charge in [0.15, 0.2) is 0 Å². The molecular formula is C15H21NO. The molecule has 0 unspecified atom stereocenters. The first kappa shape index (κ1) is 11.1. The smallest absolute Gasteiger partial charge is 0.122 e. The summed E-state index contributed by atoms with van der Waals surface area (Å²) >= 11 is 0. The van der Waals surface area contributed by atoms with Gasteiger partial charge < -0.3 is 10.5 Å². The fraction of sp³-hybridized carbons (Fsp3) is 0.600. The zero-order valence-corrected chi connectivity index (χ0v) is 10.4. The third kappa shape index (κ3) is 2.32. The maximum atomic E-state index is 5.99. The molecule has 0 amide bonds. The molecule has 0 saturated heterocycles. The molecule has 2 nitrogen and oxygen atoms in total. The van der Waals surface area contributed by atoms with E-state index in [2.05, 4.69) is 12.1 Å². The summed E-state index contributed by atoms with van der Waals surface area (Å²) in [5.74, 6) is 1.95. The lowest BCUT2D eigenvalue weighted by Crippen LogP contribution is -2.12. The molecule has 0 aromatic heterocycles. The van der Waals surface area contributed by atoms with Gasteiger partial charge in [-0.15, -0.1) is 0 Å². The zero-order valence-electron chi connectivity index (χ0n) is 10.4. The summed E-state index contributed by atoms with van der Waals surface area (Å²) < 4.78 is 5.99. The summed E-state index contributed by atoms with van der Waals surface area (Å²) in [7, 11) is 0. The lowest BCUT2D eigenvalue weighted by Gasteiger charge is -2.22. The van der Waals surface area contributed by atoms with E-state index in [1.807, 2.05) is 0 Å². The molecule has 3 rings (SSSR count). The Morgan fingerprint density at radius 3 is 2.59 bits per heavy atom. The minimum Gasteiger partial charge on any atom is -0.493 e. The lowest BCUT2D eigenvalue weighted by molar-refractivity contribution is 0.295. The third-order valence-electron chi connectivity index (χ3n) is 3.98. The SMILES string of the molecule is NCc1ccc(OCC2CC2)c2c1CCCC2. The maximum absolute atomic E-state index is 5.99. The fourth-order valence-electron chi connectivity index (χ4n) is 2.73. The molecule has 2 N–H and O–H groups in total. The molecule has 0 heterocycles. The van der Waals surface area contributed by atoms with Crippen LogP contribution in [0.1, 0.15) is 42.4 Å². The van der Waals surface area contributed by atoms with Crippen LogP contribution >= 0.6 is 0 Å².